The molecule has 0 aromatic carbocycles. The highest BCUT2D eigenvalue weighted by molar-refractivity contribution is 4.82. The van der Waals surface area contributed by atoms with Gasteiger partial charge in [-0.3, -0.25) is 0 Å². The lowest BCUT2D eigenvalue weighted by Crippen LogP contribution is -2.13. The molecule has 0 amide bonds. The van der Waals surface area contributed by atoms with E-state index in [1.807, 2.05) is 12.2 Å². The number of unbranched alkanes of at least 4 members (excludes halogenated alkanes) is 2. The van der Waals surface area contributed by atoms with Crippen molar-refractivity contribution < 1.29 is 28.8 Å². The number of ether oxygens (including phenoxy) is 5. The Hall–Kier alpha value is -0.760. The summed E-state index contributed by atoms with van der Waals surface area (Å²) in [6.07, 6.45) is 9.40. The second kappa shape index (κ2) is 22.2. The van der Waals surface area contributed by atoms with Crippen LogP contribution >= 0.6 is 0 Å². The predicted octanol–water partition coefficient (Wildman–Crippen LogP) is 1.97. The Morgan fingerprint density at radius 3 is 1.62 bits per heavy atom. The van der Waals surface area contributed by atoms with Gasteiger partial charge in [-0.05, 0) is 19.3 Å². The molecule has 0 aliphatic rings. The molecule has 0 atom stereocenters. The molecule has 6 nitrogen and oxygen atoms in total. The molecule has 6 heteroatoms. The number of aliphatic hydroxyl groups excluding tert-OH is 1. The number of hydrogen-bond donors (Lipinski definition) is 1. The predicted molar refractivity (Wildman–Crippen MR) is 94.4 cm³/mol. The molecular weight excluding hydrogens is 312 g/mol. The second-order valence-electron chi connectivity index (χ2n) is 4.94. The Labute approximate surface area is 146 Å². The standard InChI is InChI=1S/C18H34O6/c1-2-3-4-5-6-7-9-20-11-13-22-15-17-24-18-16-23-14-12-21-10-8-19/h2,6-7,19H,1,3-5,8-18H2. The average Bonchev–Trinajstić information content (AvgIpc) is 2.60. The third-order valence-corrected chi connectivity index (χ3v) is 2.88. The van der Waals surface area contributed by atoms with Gasteiger partial charge in [-0.15, -0.1) is 6.58 Å². The summed E-state index contributed by atoms with van der Waals surface area (Å²) in [6.45, 7) is 9.07. The minimum atomic E-state index is 0.0426. The number of aliphatic hydroxyl groups is 1. The van der Waals surface area contributed by atoms with Crippen LogP contribution < -0.4 is 0 Å². The van der Waals surface area contributed by atoms with Crippen LogP contribution in [0.25, 0.3) is 0 Å². The topological polar surface area (TPSA) is 66.4 Å². The highest BCUT2D eigenvalue weighted by Crippen LogP contribution is 1.96. The fraction of sp³-hybridized carbons (Fsp3) is 0.778. The maximum Gasteiger partial charge on any atom is 0.0704 e. The molecule has 142 valence electrons. The van der Waals surface area contributed by atoms with E-state index in [0.717, 1.165) is 19.3 Å². The maximum absolute atomic E-state index is 8.51. The van der Waals surface area contributed by atoms with Gasteiger partial charge in [0.05, 0.1) is 72.7 Å². The Morgan fingerprint density at radius 1 is 0.625 bits per heavy atom. The molecule has 0 unspecified atom stereocenters. The van der Waals surface area contributed by atoms with E-state index in [1.165, 1.54) is 0 Å². The summed E-state index contributed by atoms with van der Waals surface area (Å²) in [5.41, 5.74) is 0. The van der Waals surface area contributed by atoms with Gasteiger partial charge < -0.3 is 28.8 Å². The third-order valence-electron chi connectivity index (χ3n) is 2.88. The van der Waals surface area contributed by atoms with Gasteiger partial charge in [-0.25, -0.2) is 0 Å². The quantitative estimate of drug-likeness (QED) is 0.269. The Morgan fingerprint density at radius 2 is 1.12 bits per heavy atom. The van der Waals surface area contributed by atoms with Gasteiger partial charge in [0, 0.05) is 0 Å². The zero-order chi connectivity index (χ0) is 17.6. The van der Waals surface area contributed by atoms with Crippen LogP contribution in [-0.2, 0) is 23.7 Å². The van der Waals surface area contributed by atoms with Crippen molar-refractivity contribution in [3.8, 4) is 0 Å². The Balaban J connectivity index is 3.01. The van der Waals surface area contributed by atoms with Crippen molar-refractivity contribution in [2.45, 2.75) is 19.3 Å². The first-order valence-corrected chi connectivity index (χ1v) is 8.67. The molecule has 1 N–H and O–H groups in total. The second-order valence-corrected chi connectivity index (χ2v) is 4.94. The van der Waals surface area contributed by atoms with Gasteiger partial charge in [0.2, 0.25) is 0 Å². The summed E-state index contributed by atoms with van der Waals surface area (Å²) in [7, 11) is 0. The fourth-order valence-electron chi connectivity index (χ4n) is 1.66. The van der Waals surface area contributed by atoms with Gasteiger partial charge in [0.25, 0.3) is 0 Å². The Kier molecular flexibility index (Phi) is 21.5. The minimum Gasteiger partial charge on any atom is -0.394 e. The monoisotopic (exact) mass is 346 g/mol. The van der Waals surface area contributed by atoms with Crippen LogP contribution in [0.3, 0.4) is 0 Å². The first kappa shape index (κ1) is 23.2. The van der Waals surface area contributed by atoms with Crippen LogP contribution in [0.2, 0.25) is 0 Å². The molecule has 0 heterocycles. The summed E-state index contributed by atoms with van der Waals surface area (Å²) in [5.74, 6) is 0. The SMILES string of the molecule is C=CCCCC=CCOCCOCCOCCOCCOCCO. The summed E-state index contributed by atoms with van der Waals surface area (Å²) < 4.78 is 26.5. The normalized spacial score (nSPS) is 11.4. The number of hydrogen-bond acceptors (Lipinski definition) is 6. The molecule has 0 rings (SSSR count). The maximum atomic E-state index is 8.51. The van der Waals surface area contributed by atoms with E-state index in [1.54, 1.807) is 0 Å². The number of allylic oxidation sites excluding steroid dienone is 2. The summed E-state index contributed by atoms with van der Waals surface area (Å²) in [6, 6.07) is 0. The van der Waals surface area contributed by atoms with Crippen molar-refractivity contribution in [2.75, 3.05) is 72.7 Å². The van der Waals surface area contributed by atoms with Crippen molar-refractivity contribution in [3.63, 3.8) is 0 Å². The van der Waals surface area contributed by atoms with Crippen molar-refractivity contribution in [1.29, 1.82) is 0 Å². The van der Waals surface area contributed by atoms with E-state index in [0.29, 0.717) is 66.1 Å². The van der Waals surface area contributed by atoms with Gasteiger partial charge in [-0.1, -0.05) is 18.2 Å². The van der Waals surface area contributed by atoms with E-state index in [9.17, 15) is 0 Å². The molecule has 0 fully saturated rings. The van der Waals surface area contributed by atoms with Crippen molar-refractivity contribution in [3.05, 3.63) is 24.8 Å². The van der Waals surface area contributed by atoms with Crippen molar-refractivity contribution in [1.82, 2.24) is 0 Å². The average molecular weight is 346 g/mol. The van der Waals surface area contributed by atoms with Crippen LogP contribution in [0.1, 0.15) is 19.3 Å². The van der Waals surface area contributed by atoms with Crippen molar-refractivity contribution in [2.24, 2.45) is 0 Å². The lowest BCUT2D eigenvalue weighted by molar-refractivity contribution is -0.0118. The van der Waals surface area contributed by atoms with Gasteiger partial charge in [-0.2, -0.15) is 0 Å². The van der Waals surface area contributed by atoms with Crippen LogP contribution in [-0.4, -0.2) is 77.8 Å². The summed E-state index contributed by atoms with van der Waals surface area (Å²) >= 11 is 0. The molecule has 0 radical (unpaired) electrons. The molecule has 0 aromatic rings. The molecule has 24 heavy (non-hydrogen) atoms. The van der Waals surface area contributed by atoms with Crippen LogP contribution in [0.5, 0.6) is 0 Å². The first-order valence-electron chi connectivity index (χ1n) is 8.67. The lowest BCUT2D eigenvalue weighted by Gasteiger charge is -2.07. The summed E-state index contributed by atoms with van der Waals surface area (Å²) in [4.78, 5) is 0. The molecule has 0 bridgehead atoms. The van der Waals surface area contributed by atoms with Gasteiger partial charge >= 0.3 is 0 Å². The van der Waals surface area contributed by atoms with Crippen LogP contribution in [0.4, 0.5) is 0 Å². The molecule has 0 aliphatic carbocycles. The largest absolute Gasteiger partial charge is 0.394 e. The highest BCUT2D eigenvalue weighted by atomic mass is 16.6. The first-order chi connectivity index (χ1) is 11.9. The minimum absolute atomic E-state index is 0.0426. The van der Waals surface area contributed by atoms with Crippen LogP contribution in [0, 0.1) is 0 Å². The van der Waals surface area contributed by atoms with E-state index >= 15 is 0 Å². The summed E-state index contributed by atoms with van der Waals surface area (Å²) in [5, 5.41) is 8.51. The molecular formula is C18H34O6. The molecule has 0 spiro atoms. The van der Waals surface area contributed by atoms with Gasteiger partial charge in [0.15, 0.2) is 0 Å². The fourth-order valence-corrected chi connectivity index (χ4v) is 1.66. The van der Waals surface area contributed by atoms with E-state index in [2.05, 4.69) is 12.7 Å². The van der Waals surface area contributed by atoms with E-state index in [-0.39, 0.29) is 6.61 Å². The molecule has 0 saturated carbocycles. The van der Waals surface area contributed by atoms with E-state index in [4.69, 9.17) is 28.8 Å². The number of rotatable bonds is 20. The lowest BCUT2D eigenvalue weighted by atomic mass is 10.2. The molecule has 0 aliphatic heterocycles. The van der Waals surface area contributed by atoms with Crippen LogP contribution in [0.15, 0.2) is 24.8 Å². The zero-order valence-electron chi connectivity index (χ0n) is 14.8. The smallest absolute Gasteiger partial charge is 0.0704 e. The molecule has 0 saturated heterocycles. The Bertz CT molecular complexity index is 270. The van der Waals surface area contributed by atoms with Crippen molar-refractivity contribution >= 4 is 0 Å². The molecule has 0 aromatic heterocycles. The highest BCUT2D eigenvalue weighted by Gasteiger charge is 1.92. The van der Waals surface area contributed by atoms with E-state index < -0.39 is 0 Å². The third kappa shape index (κ3) is 21.2. The zero-order valence-corrected chi connectivity index (χ0v) is 14.8. The van der Waals surface area contributed by atoms with Gasteiger partial charge in [0.1, 0.15) is 0 Å².